The van der Waals surface area contributed by atoms with Crippen molar-refractivity contribution in [1.82, 2.24) is 28.3 Å². The van der Waals surface area contributed by atoms with E-state index in [9.17, 15) is 19.2 Å². The zero-order chi connectivity index (χ0) is 18.0. The SMILES string of the molecule is C[C@@H]1[C@H](n2[nH]c(=O)n(C)c2=O)c2ccccc2-n2c(=O)n(C)c(=O)n21. The first-order valence-corrected chi connectivity index (χ1v) is 7.72. The van der Waals surface area contributed by atoms with E-state index in [1.165, 1.54) is 28.1 Å². The molecule has 10 nitrogen and oxygen atoms in total. The quantitative estimate of drug-likeness (QED) is 0.591. The molecular weight excluding hydrogens is 328 g/mol. The topological polar surface area (TPSA) is 109 Å². The number of rotatable bonds is 1. The molecule has 2 atom stereocenters. The Labute approximate surface area is 139 Å². The molecule has 25 heavy (non-hydrogen) atoms. The van der Waals surface area contributed by atoms with E-state index in [-0.39, 0.29) is 0 Å². The van der Waals surface area contributed by atoms with Crippen LogP contribution in [0.4, 0.5) is 0 Å². The summed E-state index contributed by atoms with van der Waals surface area (Å²) in [5.74, 6) is 0. The molecule has 1 aliphatic heterocycles. The van der Waals surface area contributed by atoms with E-state index >= 15 is 0 Å². The molecule has 1 aliphatic rings. The monoisotopic (exact) mass is 344 g/mol. The third-order valence-corrected chi connectivity index (χ3v) is 4.78. The van der Waals surface area contributed by atoms with Gasteiger partial charge >= 0.3 is 22.8 Å². The number of benzene rings is 1. The summed E-state index contributed by atoms with van der Waals surface area (Å²) in [6, 6.07) is 5.83. The number of hydrogen-bond donors (Lipinski definition) is 1. The van der Waals surface area contributed by atoms with E-state index in [1.807, 2.05) is 0 Å². The van der Waals surface area contributed by atoms with Crippen LogP contribution in [0.25, 0.3) is 5.69 Å². The molecule has 2 aromatic heterocycles. The molecule has 0 aliphatic carbocycles. The molecule has 0 fully saturated rings. The van der Waals surface area contributed by atoms with Gasteiger partial charge in [0.2, 0.25) is 0 Å². The third kappa shape index (κ3) is 1.78. The summed E-state index contributed by atoms with van der Waals surface area (Å²) in [4.78, 5) is 49.3. The van der Waals surface area contributed by atoms with Gasteiger partial charge in [0, 0.05) is 19.7 Å². The van der Waals surface area contributed by atoms with Crippen molar-refractivity contribution in [3.8, 4) is 5.69 Å². The van der Waals surface area contributed by atoms with Gasteiger partial charge in [-0.1, -0.05) is 18.2 Å². The second-order valence-electron chi connectivity index (χ2n) is 6.15. The van der Waals surface area contributed by atoms with Gasteiger partial charge in [-0.15, -0.1) is 0 Å². The van der Waals surface area contributed by atoms with Crippen LogP contribution in [0.15, 0.2) is 43.4 Å². The third-order valence-electron chi connectivity index (χ3n) is 4.78. The lowest BCUT2D eigenvalue weighted by Crippen LogP contribution is -2.41. The molecule has 10 heteroatoms. The largest absolute Gasteiger partial charge is 0.351 e. The van der Waals surface area contributed by atoms with Gasteiger partial charge in [-0.05, 0) is 13.0 Å². The fourth-order valence-corrected chi connectivity index (χ4v) is 3.47. The highest BCUT2D eigenvalue weighted by atomic mass is 16.2. The van der Waals surface area contributed by atoms with Crippen LogP contribution in [-0.4, -0.2) is 28.3 Å². The average Bonchev–Trinajstić information content (AvgIpc) is 2.98. The average molecular weight is 344 g/mol. The van der Waals surface area contributed by atoms with Crippen LogP contribution in [0.5, 0.6) is 0 Å². The molecule has 3 aromatic rings. The second-order valence-corrected chi connectivity index (χ2v) is 6.15. The lowest BCUT2D eigenvalue weighted by atomic mass is 9.97. The van der Waals surface area contributed by atoms with Crippen LogP contribution < -0.4 is 22.8 Å². The first kappa shape index (κ1) is 15.2. The lowest BCUT2D eigenvalue weighted by molar-refractivity contribution is 0.292. The number of aromatic nitrogens is 6. The highest BCUT2D eigenvalue weighted by molar-refractivity contribution is 5.44. The van der Waals surface area contributed by atoms with Crippen molar-refractivity contribution in [3.63, 3.8) is 0 Å². The maximum atomic E-state index is 12.5. The predicted octanol–water partition coefficient (Wildman–Crippen LogP) is -1.31. The van der Waals surface area contributed by atoms with Crippen LogP contribution in [0.2, 0.25) is 0 Å². The normalized spacial score (nSPS) is 18.8. The van der Waals surface area contributed by atoms with Gasteiger partial charge in [-0.3, -0.25) is 0 Å². The predicted molar refractivity (Wildman–Crippen MR) is 88.4 cm³/mol. The Kier molecular flexibility index (Phi) is 2.96. The molecule has 1 N–H and O–H groups in total. The maximum Gasteiger partial charge on any atom is 0.351 e. The van der Waals surface area contributed by atoms with Crippen LogP contribution in [-0.2, 0) is 14.1 Å². The number of fused-ring (bicyclic) bond motifs is 3. The first-order valence-electron chi connectivity index (χ1n) is 7.72. The summed E-state index contributed by atoms with van der Waals surface area (Å²) >= 11 is 0. The number of H-pyrrole nitrogens is 1. The Bertz CT molecular complexity index is 1230. The van der Waals surface area contributed by atoms with Gasteiger partial charge in [0.1, 0.15) is 6.04 Å². The van der Waals surface area contributed by atoms with Crippen molar-refractivity contribution < 1.29 is 0 Å². The van der Waals surface area contributed by atoms with E-state index in [1.54, 1.807) is 31.2 Å². The van der Waals surface area contributed by atoms with E-state index in [4.69, 9.17) is 0 Å². The number of nitrogens with one attached hydrogen (secondary N) is 1. The van der Waals surface area contributed by atoms with Crippen molar-refractivity contribution in [1.29, 1.82) is 0 Å². The molecule has 0 spiro atoms. The van der Waals surface area contributed by atoms with Crippen LogP contribution in [0.3, 0.4) is 0 Å². The van der Waals surface area contributed by atoms with Gasteiger partial charge in [-0.25, -0.2) is 42.8 Å². The number of hydrogen-bond acceptors (Lipinski definition) is 4. The van der Waals surface area contributed by atoms with E-state index in [0.717, 1.165) is 9.13 Å². The van der Waals surface area contributed by atoms with Gasteiger partial charge < -0.3 is 0 Å². The van der Waals surface area contributed by atoms with E-state index in [0.29, 0.717) is 11.3 Å². The molecule has 0 saturated carbocycles. The minimum absolute atomic E-state index is 0.461. The zero-order valence-corrected chi connectivity index (χ0v) is 13.8. The van der Waals surface area contributed by atoms with Crippen molar-refractivity contribution in [2.24, 2.45) is 14.1 Å². The van der Waals surface area contributed by atoms with Gasteiger partial charge in [0.05, 0.1) is 11.7 Å². The molecular formula is C15H16N6O4. The van der Waals surface area contributed by atoms with Crippen molar-refractivity contribution in [2.45, 2.75) is 19.0 Å². The van der Waals surface area contributed by atoms with Gasteiger partial charge in [0.25, 0.3) is 0 Å². The Balaban J connectivity index is 2.13. The smallest absolute Gasteiger partial charge is 0.246 e. The van der Waals surface area contributed by atoms with Crippen molar-refractivity contribution in [2.75, 3.05) is 0 Å². The molecule has 0 radical (unpaired) electrons. The van der Waals surface area contributed by atoms with Crippen molar-refractivity contribution >= 4 is 0 Å². The summed E-state index contributed by atoms with van der Waals surface area (Å²) in [6.45, 7) is 1.73. The standard InChI is InChI=1S/C15H16N6O4/c1-8-11(19-13(23)17(2)12(22)16-19)9-6-4-5-7-10(9)21-15(25)18(3)14(24)20(8)21/h4-8,11H,1-3H3,(H,16,22)/t8-,11+/m1/s1. The summed E-state index contributed by atoms with van der Waals surface area (Å²) < 4.78 is 5.81. The lowest BCUT2D eigenvalue weighted by Gasteiger charge is -2.32. The van der Waals surface area contributed by atoms with Gasteiger partial charge in [-0.2, -0.15) is 4.68 Å². The van der Waals surface area contributed by atoms with E-state index in [2.05, 4.69) is 5.10 Å². The summed E-state index contributed by atoms with van der Waals surface area (Å²) in [5.41, 5.74) is -0.828. The van der Waals surface area contributed by atoms with Crippen molar-refractivity contribution in [3.05, 3.63) is 71.8 Å². The molecule has 0 bridgehead atoms. The summed E-state index contributed by atoms with van der Waals surface area (Å²) in [5, 5.41) is 2.53. The number of aromatic amines is 1. The minimum Gasteiger partial charge on any atom is -0.246 e. The highest BCUT2D eigenvalue weighted by Gasteiger charge is 2.36. The van der Waals surface area contributed by atoms with Crippen LogP contribution >= 0.6 is 0 Å². The molecule has 1 aromatic carbocycles. The van der Waals surface area contributed by atoms with Gasteiger partial charge in [0.15, 0.2) is 0 Å². The summed E-state index contributed by atoms with van der Waals surface area (Å²) in [7, 11) is 2.78. The first-order chi connectivity index (χ1) is 11.8. The molecule has 4 rings (SSSR count). The molecule has 130 valence electrons. The number of nitrogens with zero attached hydrogens (tertiary/aromatic N) is 5. The maximum absolute atomic E-state index is 12.5. The Morgan fingerprint density at radius 3 is 2.24 bits per heavy atom. The Hall–Kier alpha value is -3.30. The summed E-state index contributed by atoms with van der Waals surface area (Å²) in [6.07, 6.45) is 0. The van der Waals surface area contributed by atoms with Crippen LogP contribution in [0, 0.1) is 0 Å². The highest BCUT2D eigenvalue weighted by Crippen LogP contribution is 2.35. The molecule has 0 unspecified atom stereocenters. The zero-order valence-electron chi connectivity index (χ0n) is 13.8. The molecule has 0 amide bonds. The fourth-order valence-electron chi connectivity index (χ4n) is 3.47. The molecule has 3 heterocycles. The second kappa shape index (κ2) is 4.85. The Morgan fingerprint density at radius 1 is 0.920 bits per heavy atom. The van der Waals surface area contributed by atoms with E-state index < -0.39 is 34.8 Å². The Morgan fingerprint density at radius 2 is 1.60 bits per heavy atom. The molecule has 0 saturated heterocycles. The number of para-hydroxylation sites is 1. The fraction of sp³-hybridized carbons (Fsp3) is 0.333. The minimum atomic E-state index is -0.628. The van der Waals surface area contributed by atoms with Crippen LogP contribution in [0.1, 0.15) is 24.6 Å².